The van der Waals surface area contributed by atoms with Gasteiger partial charge in [-0.15, -0.1) is 0 Å². The highest BCUT2D eigenvalue weighted by molar-refractivity contribution is 5.93. The number of benzene rings is 1. The first-order valence-electron chi connectivity index (χ1n) is 7.66. The van der Waals surface area contributed by atoms with Gasteiger partial charge in [-0.2, -0.15) is 0 Å². The molecule has 1 saturated heterocycles. The molecule has 1 atom stereocenters. The molecule has 1 unspecified atom stereocenters. The Labute approximate surface area is 125 Å². The van der Waals surface area contributed by atoms with Crippen molar-refractivity contribution in [2.75, 3.05) is 18.4 Å². The van der Waals surface area contributed by atoms with Gasteiger partial charge in [0.15, 0.2) is 0 Å². The van der Waals surface area contributed by atoms with Crippen LogP contribution >= 0.6 is 0 Å². The molecule has 2 heterocycles. The fourth-order valence-corrected chi connectivity index (χ4v) is 2.88. The van der Waals surface area contributed by atoms with Crippen molar-refractivity contribution in [3.05, 3.63) is 36.5 Å². The van der Waals surface area contributed by atoms with E-state index >= 15 is 0 Å². The number of fused-ring (bicyclic) bond motifs is 1. The maximum atomic E-state index is 12.0. The number of anilines is 1. The molecule has 0 aliphatic carbocycles. The summed E-state index contributed by atoms with van der Waals surface area (Å²) in [6.07, 6.45) is 5.80. The van der Waals surface area contributed by atoms with Crippen LogP contribution in [0.2, 0.25) is 0 Å². The minimum atomic E-state index is 0.101. The van der Waals surface area contributed by atoms with E-state index in [1.54, 1.807) is 6.20 Å². The number of aromatic nitrogens is 1. The fraction of sp³-hybridized carbons (Fsp3) is 0.412. The Morgan fingerprint density at radius 3 is 3.19 bits per heavy atom. The number of nitrogens with one attached hydrogen (secondary N) is 2. The van der Waals surface area contributed by atoms with E-state index in [-0.39, 0.29) is 5.91 Å². The second-order valence-corrected chi connectivity index (χ2v) is 5.71. The van der Waals surface area contributed by atoms with Crippen LogP contribution in [-0.2, 0) is 4.79 Å². The predicted octanol–water partition coefficient (Wildman–Crippen LogP) is 2.95. The molecule has 4 nitrogen and oxygen atoms in total. The quantitative estimate of drug-likeness (QED) is 0.907. The van der Waals surface area contributed by atoms with E-state index in [0.29, 0.717) is 12.3 Å². The van der Waals surface area contributed by atoms with Gasteiger partial charge in [-0.1, -0.05) is 6.07 Å². The van der Waals surface area contributed by atoms with E-state index in [1.165, 1.54) is 12.8 Å². The van der Waals surface area contributed by atoms with Gasteiger partial charge in [0.25, 0.3) is 0 Å². The molecule has 4 heteroatoms. The normalized spacial score (nSPS) is 18.6. The Hall–Kier alpha value is -1.94. The van der Waals surface area contributed by atoms with Gasteiger partial charge in [0.2, 0.25) is 5.91 Å². The van der Waals surface area contributed by atoms with Gasteiger partial charge in [0.1, 0.15) is 0 Å². The average molecular weight is 283 g/mol. The Bertz CT molecular complexity index is 620. The zero-order chi connectivity index (χ0) is 14.5. The van der Waals surface area contributed by atoms with Crippen molar-refractivity contribution in [3.63, 3.8) is 0 Å². The number of hydrogen-bond acceptors (Lipinski definition) is 3. The Balaban J connectivity index is 1.55. The number of piperidine rings is 1. The van der Waals surface area contributed by atoms with E-state index in [9.17, 15) is 4.79 Å². The number of nitrogens with zero attached hydrogens (tertiary/aromatic N) is 1. The van der Waals surface area contributed by atoms with Crippen LogP contribution in [0.15, 0.2) is 36.5 Å². The summed E-state index contributed by atoms with van der Waals surface area (Å²) in [5, 5.41) is 7.42. The maximum absolute atomic E-state index is 12.0. The maximum Gasteiger partial charge on any atom is 0.224 e. The van der Waals surface area contributed by atoms with Crippen molar-refractivity contribution in [1.29, 1.82) is 0 Å². The molecule has 1 aromatic heterocycles. The van der Waals surface area contributed by atoms with Gasteiger partial charge in [-0.3, -0.25) is 9.78 Å². The van der Waals surface area contributed by atoms with Gasteiger partial charge in [0, 0.05) is 23.7 Å². The molecule has 1 fully saturated rings. The molecule has 110 valence electrons. The SMILES string of the molecule is O=C(CCC1CCCNC1)Nc1ccc2ncccc2c1. The zero-order valence-corrected chi connectivity index (χ0v) is 12.1. The van der Waals surface area contributed by atoms with E-state index in [1.807, 2.05) is 30.3 Å². The Kier molecular flexibility index (Phi) is 4.46. The summed E-state index contributed by atoms with van der Waals surface area (Å²) >= 11 is 0. The molecule has 1 aromatic carbocycles. The lowest BCUT2D eigenvalue weighted by atomic mass is 9.94. The summed E-state index contributed by atoms with van der Waals surface area (Å²) in [4.78, 5) is 16.3. The van der Waals surface area contributed by atoms with Crippen molar-refractivity contribution in [1.82, 2.24) is 10.3 Å². The van der Waals surface area contributed by atoms with Crippen LogP contribution in [0, 0.1) is 5.92 Å². The van der Waals surface area contributed by atoms with Crippen molar-refractivity contribution in [2.45, 2.75) is 25.7 Å². The van der Waals surface area contributed by atoms with Crippen LogP contribution in [0.25, 0.3) is 10.9 Å². The molecule has 1 aliphatic rings. The smallest absolute Gasteiger partial charge is 0.224 e. The van der Waals surface area contributed by atoms with Crippen molar-refractivity contribution >= 4 is 22.5 Å². The van der Waals surface area contributed by atoms with Crippen LogP contribution in [0.5, 0.6) is 0 Å². The topological polar surface area (TPSA) is 54.0 Å². The summed E-state index contributed by atoms with van der Waals surface area (Å²) in [6.45, 7) is 2.17. The number of carbonyl (C=O) groups excluding carboxylic acids is 1. The third-order valence-corrected chi connectivity index (χ3v) is 4.07. The largest absolute Gasteiger partial charge is 0.326 e. The van der Waals surface area contributed by atoms with Crippen molar-refractivity contribution in [3.8, 4) is 0 Å². The monoisotopic (exact) mass is 283 g/mol. The fourth-order valence-electron chi connectivity index (χ4n) is 2.88. The molecule has 1 amide bonds. The summed E-state index contributed by atoms with van der Waals surface area (Å²) in [5.41, 5.74) is 1.80. The molecule has 2 aromatic rings. The summed E-state index contributed by atoms with van der Waals surface area (Å²) < 4.78 is 0. The minimum absolute atomic E-state index is 0.101. The van der Waals surface area contributed by atoms with E-state index in [2.05, 4.69) is 15.6 Å². The Morgan fingerprint density at radius 1 is 1.38 bits per heavy atom. The van der Waals surface area contributed by atoms with E-state index < -0.39 is 0 Å². The summed E-state index contributed by atoms with van der Waals surface area (Å²) in [6, 6.07) is 9.74. The molecular formula is C17H21N3O. The lowest BCUT2D eigenvalue weighted by Gasteiger charge is -2.22. The van der Waals surface area contributed by atoms with Crippen LogP contribution < -0.4 is 10.6 Å². The third-order valence-electron chi connectivity index (χ3n) is 4.07. The van der Waals surface area contributed by atoms with Crippen molar-refractivity contribution in [2.24, 2.45) is 5.92 Å². The molecule has 3 rings (SSSR count). The third kappa shape index (κ3) is 3.79. The molecule has 0 radical (unpaired) electrons. The van der Waals surface area contributed by atoms with Crippen molar-refractivity contribution < 1.29 is 4.79 Å². The number of amides is 1. The van der Waals surface area contributed by atoms with Gasteiger partial charge in [-0.25, -0.2) is 0 Å². The zero-order valence-electron chi connectivity index (χ0n) is 12.1. The van der Waals surface area contributed by atoms with Crippen LogP contribution in [0.3, 0.4) is 0 Å². The predicted molar refractivity (Wildman–Crippen MR) is 85.2 cm³/mol. The highest BCUT2D eigenvalue weighted by Gasteiger charge is 2.14. The van der Waals surface area contributed by atoms with Gasteiger partial charge in [-0.05, 0) is 62.5 Å². The number of rotatable bonds is 4. The highest BCUT2D eigenvalue weighted by Crippen LogP contribution is 2.19. The molecule has 1 aliphatic heterocycles. The lowest BCUT2D eigenvalue weighted by molar-refractivity contribution is -0.116. The first kappa shape index (κ1) is 14.0. The first-order chi connectivity index (χ1) is 10.3. The molecule has 0 spiro atoms. The van der Waals surface area contributed by atoms with Crippen LogP contribution in [0.1, 0.15) is 25.7 Å². The number of hydrogen-bond donors (Lipinski definition) is 2. The van der Waals surface area contributed by atoms with Crippen LogP contribution in [-0.4, -0.2) is 24.0 Å². The first-order valence-corrected chi connectivity index (χ1v) is 7.66. The lowest BCUT2D eigenvalue weighted by Crippen LogP contribution is -2.30. The molecule has 21 heavy (non-hydrogen) atoms. The molecule has 0 bridgehead atoms. The van der Waals surface area contributed by atoms with Gasteiger partial charge >= 0.3 is 0 Å². The summed E-state index contributed by atoms with van der Waals surface area (Å²) in [5.74, 6) is 0.745. The van der Waals surface area contributed by atoms with Gasteiger partial charge in [0.05, 0.1) is 5.52 Å². The second kappa shape index (κ2) is 6.68. The van der Waals surface area contributed by atoms with E-state index in [4.69, 9.17) is 0 Å². The Morgan fingerprint density at radius 2 is 2.33 bits per heavy atom. The minimum Gasteiger partial charge on any atom is -0.326 e. The standard InChI is InChI=1S/C17H21N3O/c21-17(8-5-13-3-1-9-18-12-13)20-15-6-7-16-14(11-15)4-2-10-19-16/h2,4,6-7,10-11,13,18H,1,3,5,8-9,12H2,(H,20,21). The van der Waals surface area contributed by atoms with Crippen LogP contribution in [0.4, 0.5) is 5.69 Å². The van der Waals surface area contributed by atoms with E-state index in [0.717, 1.165) is 36.1 Å². The number of carbonyl (C=O) groups is 1. The molecular weight excluding hydrogens is 262 g/mol. The van der Waals surface area contributed by atoms with Gasteiger partial charge < -0.3 is 10.6 Å². The molecule has 2 N–H and O–H groups in total. The molecule has 0 saturated carbocycles. The second-order valence-electron chi connectivity index (χ2n) is 5.71. The summed E-state index contributed by atoms with van der Waals surface area (Å²) in [7, 11) is 0. The average Bonchev–Trinajstić information content (AvgIpc) is 2.54. The number of pyridine rings is 1. The highest BCUT2D eigenvalue weighted by atomic mass is 16.1.